The first-order chi connectivity index (χ1) is 8.80. The summed E-state index contributed by atoms with van der Waals surface area (Å²) >= 11 is 0. The summed E-state index contributed by atoms with van der Waals surface area (Å²) in [6, 6.07) is 0. The molecule has 0 spiro atoms. The zero-order chi connectivity index (χ0) is 15.1. The van der Waals surface area contributed by atoms with Crippen LogP contribution in [0.1, 0.15) is 40.0 Å². The van der Waals surface area contributed by atoms with Crippen LogP contribution >= 0.6 is 0 Å². The Kier molecular flexibility index (Phi) is 7.04. The van der Waals surface area contributed by atoms with Gasteiger partial charge in [-0.1, -0.05) is 11.6 Å². The summed E-state index contributed by atoms with van der Waals surface area (Å²) in [7, 11) is 2.39. The van der Waals surface area contributed by atoms with Gasteiger partial charge >= 0.3 is 11.9 Å². The molecule has 0 aromatic rings. The third kappa shape index (κ3) is 4.85. The molecule has 0 fully saturated rings. The summed E-state index contributed by atoms with van der Waals surface area (Å²) in [4.78, 5) is 35.3. The first kappa shape index (κ1) is 17.4. The fourth-order valence-electron chi connectivity index (χ4n) is 1.94. The third-order valence-electron chi connectivity index (χ3n) is 2.83. The molecule has 0 amide bonds. The summed E-state index contributed by atoms with van der Waals surface area (Å²) < 4.78 is 9.37. The molecule has 0 radical (unpaired) electrons. The highest BCUT2D eigenvalue weighted by Gasteiger charge is 2.48. The second-order valence-electron chi connectivity index (χ2n) is 4.76. The van der Waals surface area contributed by atoms with Gasteiger partial charge in [0.1, 0.15) is 5.78 Å². The van der Waals surface area contributed by atoms with E-state index in [1.165, 1.54) is 21.1 Å². The van der Waals surface area contributed by atoms with Crippen molar-refractivity contribution in [2.75, 3.05) is 14.2 Å². The predicted molar refractivity (Wildman–Crippen MR) is 70.4 cm³/mol. The maximum Gasteiger partial charge on any atom is 0.323 e. The van der Waals surface area contributed by atoms with Crippen LogP contribution in [0.2, 0.25) is 0 Å². The zero-order valence-corrected chi connectivity index (χ0v) is 12.2. The summed E-state index contributed by atoms with van der Waals surface area (Å²) in [6.45, 7) is 5.17. The Labute approximate surface area is 114 Å². The molecule has 108 valence electrons. The van der Waals surface area contributed by atoms with Crippen LogP contribution in [0.4, 0.5) is 0 Å². The molecule has 0 unspecified atom stereocenters. The Morgan fingerprint density at radius 1 is 1.00 bits per heavy atom. The van der Waals surface area contributed by atoms with E-state index in [0.717, 1.165) is 5.57 Å². The molecule has 0 rings (SSSR count). The van der Waals surface area contributed by atoms with Crippen LogP contribution < -0.4 is 0 Å². The minimum atomic E-state index is -1.54. The lowest BCUT2D eigenvalue weighted by molar-refractivity contribution is -0.171. The Bertz CT molecular complexity index is 361. The van der Waals surface area contributed by atoms with Gasteiger partial charge in [0.05, 0.1) is 14.2 Å². The lowest BCUT2D eigenvalue weighted by Gasteiger charge is -2.26. The summed E-state index contributed by atoms with van der Waals surface area (Å²) in [6.07, 6.45) is 2.39. The van der Waals surface area contributed by atoms with Crippen molar-refractivity contribution in [2.24, 2.45) is 5.41 Å². The van der Waals surface area contributed by atoms with Crippen LogP contribution in [0.3, 0.4) is 0 Å². The predicted octanol–water partition coefficient (Wildman–Crippen LogP) is 2.04. The molecule has 0 bridgehead atoms. The monoisotopic (exact) mass is 270 g/mol. The number of esters is 2. The Balaban J connectivity index is 5.35. The molecule has 0 aliphatic heterocycles. The van der Waals surface area contributed by atoms with E-state index in [1.54, 1.807) is 0 Å². The van der Waals surface area contributed by atoms with Crippen LogP contribution in [0.25, 0.3) is 0 Å². The summed E-state index contributed by atoms with van der Waals surface area (Å²) in [5.41, 5.74) is -0.465. The minimum Gasteiger partial charge on any atom is -0.468 e. The van der Waals surface area contributed by atoms with Gasteiger partial charge in [0, 0.05) is 6.42 Å². The van der Waals surface area contributed by atoms with Crippen molar-refractivity contribution >= 4 is 17.7 Å². The van der Waals surface area contributed by atoms with Gasteiger partial charge in [0.25, 0.3) is 0 Å². The van der Waals surface area contributed by atoms with Crippen molar-refractivity contribution in [3.05, 3.63) is 11.6 Å². The number of allylic oxidation sites excluding steroid dienone is 2. The fourth-order valence-corrected chi connectivity index (χ4v) is 1.94. The number of hydrogen-bond donors (Lipinski definition) is 0. The van der Waals surface area contributed by atoms with Gasteiger partial charge in [-0.15, -0.1) is 0 Å². The van der Waals surface area contributed by atoms with Crippen molar-refractivity contribution < 1.29 is 23.9 Å². The molecular formula is C14H22O5. The van der Waals surface area contributed by atoms with Crippen molar-refractivity contribution in [2.45, 2.75) is 40.0 Å². The zero-order valence-electron chi connectivity index (χ0n) is 12.2. The molecule has 19 heavy (non-hydrogen) atoms. The molecule has 0 aliphatic rings. The molecule has 0 atom stereocenters. The van der Waals surface area contributed by atoms with E-state index < -0.39 is 17.4 Å². The van der Waals surface area contributed by atoms with Gasteiger partial charge in [-0.05, 0) is 33.6 Å². The lowest BCUT2D eigenvalue weighted by Crippen LogP contribution is -2.42. The SMILES string of the molecule is COC(=O)C(CCC=C(C)C)(CC(C)=O)C(=O)OC. The molecule has 0 aliphatic carbocycles. The van der Waals surface area contributed by atoms with Crippen LogP contribution in [-0.4, -0.2) is 31.9 Å². The van der Waals surface area contributed by atoms with Crippen LogP contribution in [0.5, 0.6) is 0 Å². The molecular weight excluding hydrogens is 248 g/mol. The second-order valence-corrected chi connectivity index (χ2v) is 4.76. The quantitative estimate of drug-likeness (QED) is 0.402. The molecule has 0 N–H and O–H groups in total. The van der Waals surface area contributed by atoms with E-state index in [0.29, 0.717) is 6.42 Å². The highest BCUT2D eigenvalue weighted by Crippen LogP contribution is 2.32. The van der Waals surface area contributed by atoms with Gasteiger partial charge in [-0.2, -0.15) is 0 Å². The van der Waals surface area contributed by atoms with Crippen molar-refractivity contribution in [1.29, 1.82) is 0 Å². The van der Waals surface area contributed by atoms with Gasteiger partial charge < -0.3 is 9.47 Å². The normalized spacial score (nSPS) is 10.6. The van der Waals surface area contributed by atoms with Gasteiger partial charge in [-0.25, -0.2) is 0 Å². The summed E-state index contributed by atoms with van der Waals surface area (Å²) in [5, 5.41) is 0. The van der Waals surface area contributed by atoms with Gasteiger partial charge in [0.2, 0.25) is 0 Å². The number of methoxy groups -OCH3 is 2. The van der Waals surface area contributed by atoms with Crippen molar-refractivity contribution in [1.82, 2.24) is 0 Å². The van der Waals surface area contributed by atoms with Crippen molar-refractivity contribution in [3.8, 4) is 0 Å². The highest BCUT2D eigenvalue weighted by molar-refractivity contribution is 6.03. The number of carbonyl (C=O) groups excluding carboxylic acids is 3. The maximum atomic E-state index is 11.9. The Hall–Kier alpha value is -1.65. The smallest absolute Gasteiger partial charge is 0.323 e. The number of Topliss-reactive ketones (excluding diaryl/α,β-unsaturated/α-hetero) is 1. The molecule has 0 aromatic heterocycles. The number of ether oxygens (including phenoxy) is 2. The highest BCUT2D eigenvalue weighted by atomic mass is 16.5. The Morgan fingerprint density at radius 2 is 1.47 bits per heavy atom. The average Bonchev–Trinajstić information content (AvgIpc) is 2.34. The maximum absolute atomic E-state index is 11.9. The topological polar surface area (TPSA) is 69.7 Å². The molecule has 0 saturated carbocycles. The van der Waals surface area contributed by atoms with Gasteiger partial charge in [0.15, 0.2) is 5.41 Å². The number of rotatable bonds is 7. The molecule has 0 saturated heterocycles. The molecule has 0 aromatic carbocycles. The van der Waals surface area contributed by atoms with E-state index in [4.69, 9.17) is 0 Å². The molecule has 0 heterocycles. The number of carbonyl (C=O) groups is 3. The standard InChI is InChI=1S/C14H22O5/c1-10(2)7-6-8-14(9-11(3)15,12(16)18-4)13(17)19-5/h7H,6,8-9H2,1-5H3. The van der Waals surface area contributed by atoms with Crippen LogP contribution in [0.15, 0.2) is 11.6 Å². The first-order valence-electron chi connectivity index (χ1n) is 6.09. The fraction of sp³-hybridized carbons (Fsp3) is 0.643. The van der Waals surface area contributed by atoms with Crippen molar-refractivity contribution in [3.63, 3.8) is 0 Å². The van der Waals surface area contributed by atoms with E-state index in [-0.39, 0.29) is 18.6 Å². The van der Waals surface area contributed by atoms with E-state index >= 15 is 0 Å². The van der Waals surface area contributed by atoms with E-state index in [1.807, 2.05) is 19.9 Å². The van der Waals surface area contributed by atoms with Crippen LogP contribution in [-0.2, 0) is 23.9 Å². The van der Waals surface area contributed by atoms with Crippen LogP contribution in [0, 0.1) is 5.41 Å². The van der Waals surface area contributed by atoms with Gasteiger partial charge in [-0.3, -0.25) is 14.4 Å². The molecule has 5 heteroatoms. The largest absolute Gasteiger partial charge is 0.468 e. The first-order valence-corrected chi connectivity index (χ1v) is 6.09. The third-order valence-corrected chi connectivity index (χ3v) is 2.83. The van der Waals surface area contributed by atoms with E-state index in [9.17, 15) is 14.4 Å². The minimum absolute atomic E-state index is 0.192. The number of hydrogen-bond acceptors (Lipinski definition) is 5. The number of ketones is 1. The summed E-state index contributed by atoms with van der Waals surface area (Å²) in [5.74, 6) is -1.71. The Morgan fingerprint density at radius 3 is 1.79 bits per heavy atom. The second kappa shape index (κ2) is 7.71. The average molecular weight is 270 g/mol. The molecule has 5 nitrogen and oxygen atoms in total. The van der Waals surface area contributed by atoms with E-state index in [2.05, 4.69) is 9.47 Å². The lowest BCUT2D eigenvalue weighted by atomic mass is 9.78.